The number of furan rings is 1. The Balaban J connectivity index is 2.49. The number of anilines is 1. The molecule has 2 aromatic rings. The van der Waals surface area contributed by atoms with Crippen LogP contribution >= 0.6 is 15.9 Å². The summed E-state index contributed by atoms with van der Waals surface area (Å²) in [5.41, 5.74) is 7.61. The minimum atomic E-state index is -0.193. The Kier molecular flexibility index (Phi) is 2.83. The molecule has 0 fully saturated rings. The van der Waals surface area contributed by atoms with Gasteiger partial charge < -0.3 is 10.2 Å². The molecule has 0 radical (unpaired) electrons. The van der Waals surface area contributed by atoms with Gasteiger partial charge in [0.15, 0.2) is 10.4 Å². The number of aryl methyl sites for hydroxylation is 1. The molecule has 16 heavy (non-hydrogen) atoms. The normalized spacial score (nSPS) is 10.4. The second-order valence-corrected chi connectivity index (χ2v) is 4.25. The van der Waals surface area contributed by atoms with Crippen molar-refractivity contribution in [3.8, 4) is 0 Å². The first-order valence-electron chi connectivity index (χ1n) is 4.74. The first-order chi connectivity index (χ1) is 7.59. The van der Waals surface area contributed by atoms with Crippen molar-refractivity contribution in [1.82, 2.24) is 0 Å². The van der Waals surface area contributed by atoms with E-state index in [1.807, 2.05) is 19.1 Å². The van der Waals surface area contributed by atoms with Gasteiger partial charge in [-0.25, -0.2) is 0 Å². The van der Waals surface area contributed by atoms with Crippen LogP contribution in [0.5, 0.6) is 0 Å². The molecule has 1 aromatic heterocycles. The third-order valence-electron chi connectivity index (χ3n) is 2.33. The summed E-state index contributed by atoms with van der Waals surface area (Å²) in [6.07, 6.45) is 0. The van der Waals surface area contributed by atoms with E-state index in [2.05, 4.69) is 15.9 Å². The molecule has 3 nitrogen and oxygen atoms in total. The first-order valence-corrected chi connectivity index (χ1v) is 5.54. The van der Waals surface area contributed by atoms with Gasteiger partial charge in [-0.1, -0.05) is 12.1 Å². The number of carbonyl (C=O) groups excluding carboxylic acids is 1. The Hall–Kier alpha value is -1.55. The van der Waals surface area contributed by atoms with Crippen LogP contribution in [0, 0.1) is 6.92 Å². The summed E-state index contributed by atoms with van der Waals surface area (Å²) < 4.78 is 5.75. The van der Waals surface area contributed by atoms with Crippen molar-refractivity contribution in [2.24, 2.45) is 0 Å². The van der Waals surface area contributed by atoms with Crippen LogP contribution in [0.25, 0.3) is 0 Å². The standard InChI is InChI=1S/C12H10BrNO2/c1-7-3-2-4-8(14)11(7)12(15)9-5-6-10(13)16-9/h2-6H,14H2,1H3. The van der Waals surface area contributed by atoms with Gasteiger partial charge in [-0.3, -0.25) is 4.79 Å². The number of rotatable bonds is 2. The smallest absolute Gasteiger partial charge is 0.230 e. The van der Waals surface area contributed by atoms with Crippen molar-refractivity contribution in [2.45, 2.75) is 6.92 Å². The highest BCUT2D eigenvalue weighted by atomic mass is 79.9. The van der Waals surface area contributed by atoms with Crippen LogP contribution in [0.4, 0.5) is 5.69 Å². The zero-order chi connectivity index (χ0) is 11.7. The second-order valence-electron chi connectivity index (χ2n) is 3.47. The molecule has 0 aliphatic carbocycles. The van der Waals surface area contributed by atoms with Crippen LogP contribution in [0.15, 0.2) is 39.4 Å². The number of hydrogen-bond acceptors (Lipinski definition) is 3. The van der Waals surface area contributed by atoms with Crippen LogP contribution in [0.2, 0.25) is 0 Å². The van der Waals surface area contributed by atoms with Gasteiger partial charge in [-0.15, -0.1) is 0 Å². The molecule has 0 bridgehead atoms. The summed E-state index contributed by atoms with van der Waals surface area (Å²) in [6.45, 7) is 1.85. The van der Waals surface area contributed by atoms with Crippen molar-refractivity contribution >= 4 is 27.4 Å². The fraction of sp³-hybridized carbons (Fsp3) is 0.0833. The molecule has 2 rings (SSSR count). The molecule has 0 saturated heterocycles. The minimum Gasteiger partial charge on any atom is -0.446 e. The fourth-order valence-electron chi connectivity index (χ4n) is 1.56. The van der Waals surface area contributed by atoms with Gasteiger partial charge in [0.05, 0.1) is 5.56 Å². The van der Waals surface area contributed by atoms with Gasteiger partial charge in [0.1, 0.15) is 0 Å². The molecule has 1 aromatic carbocycles. The summed E-state index contributed by atoms with van der Waals surface area (Å²) >= 11 is 3.16. The Labute approximate surface area is 101 Å². The molecular formula is C12H10BrNO2. The van der Waals surface area contributed by atoms with Crippen LogP contribution < -0.4 is 5.73 Å². The quantitative estimate of drug-likeness (QED) is 0.679. The highest BCUT2D eigenvalue weighted by Crippen LogP contribution is 2.23. The molecule has 0 unspecified atom stereocenters. The summed E-state index contributed by atoms with van der Waals surface area (Å²) in [7, 11) is 0. The molecule has 0 amide bonds. The van der Waals surface area contributed by atoms with Gasteiger partial charge in [0.25, 0.3) is 0 Å². The Morgan fingerprint density at radius 1 is 1.31 bits per heavy atom. The molecular weight excluding hydrogens is 270 g/mol. The van der Waals surface area contributed by atoms with Crippen LogP contribution in [0.1, 0.15) is 21.7 Å². The molecule has 0 aliphatic heterocycles. The van der Waals surface area contributed by atoms with Gasteiger partial charge in [0, 0.05) is 5.69 Å². The largest absolute Gasteiger partial charge is 0.446 e. The Morgan fingerprint density at radius 3 is 2.62 bits per heavy atom. The summed E-state index contributed by atoms with van der Waals surface area (Å²) in [4.78, 5) is 12.1. The molecule has 2 N–H and O–H groups in total. The highest BCUT2D eigenvalue weighted by molar-refractivity contribution is 9.10. The molecule has 0 aliphatic rings. The predicted octanol–water partition coefficient (Wildman–Crippen LogP) is 3.16. The average Bonchev–Trinajstić information content (AvgIpc) is 2.64. The van der Waals surface area contributed by atoms with E-state index in [9.17, 15) is 4.79 Å². The maximum absolute atomic E-state index is 12.1. The van der Waals surface area contributed by atoms with Crippen molar-refractivity contribution in [2.75, 3.05) is 5.73 Å². The lowest BCUT2D eigenvalue weighted by Crippen LogP contribution is -2.06. The molecule has 0 saturated carbocycles. The zero-order valence-corrected chi connectivity index (χ0v) is 10.2. The maximum Gasteiger partial charge on any atom is 0.230 e. The predicted molar refractivity (Wildman–Crippen MR) is 65.4 cm³/mol. The number of benzene rings is 1. The van der Waals surface area contributed by atoms with E-state index in [-0.39, 0.29) is 11.5 Å². The number of halogens is 1. The molecule has 82 valence electrons. The first kappa shape index (κ1) is 11.0. The number of hydrogen-bond donors (Lipinski definition) is 1. The number of nitrogen functional groups attached to an aromatic ring is 1. The van der Waals surface area contributed by atoms with E-state index in [1.54, 1.807) is 18.2 Å². The van der Waals surface area contributed by atoms with Crippen molar-refractivity contribution in [1.29, 1.82) is 0 Å². The van der Waals surface area contributed by atoms with Gasteiger partial charge in [-0.05, 0) is 46.6 Å². The van der Waals surface area contributed by atoms with E-state index >= 15 is 0 Å². The minimum absolute atomic E-state index is 0.193. The number of carbonyl (C=O) groups is 1. The van der Waals surface area contributed by atoms with Crippen molar-refractivity contribution in [3.63, 3.8) is 0 Å². The topological polar surface area (TPSA) is 56.2 Å². The Bertz CT molecular complexity index is 525. The SMILES string of the molecule is Cc1cccc(N)c1C(=O)c1ccc(Br)o1. The molecule has 0 atom stereocenters. The van der Waals surface area contributed by atoms with Crippen LogP contribution in [-0.4, -0.2) is 5.78 Å². The van der Waals surface area contributed by atoms with E-state index in [4.69, 9.17) is 10.2 Å². The fourth-order valence-corrected chi connectivity index (χ4v) is 1.87. The summed E-state index contributed by atoms with van der Waals surface area (Å²) in [5.74, 6) is 0.0918. The van der Waals surface area contributed by atoms with Gasteiger partial charge in [0.2, 0.25) is 5.78 Å². The average molecular weight is 280 g/mol. The third kappa shape index (κ3) is 1.88. The maximum atomic E-state index is 12.1. The highest BCUT2D eigenvalue weighted by Gasteiger charge is 2.17. The lowest BCUT2D eigenvalue weighted by atomic mass is 10.0. The molecule has 0 spiro atoms. The van der Waals surface area contributed by atoms with E-state index < -0.39 is 0 Å². The monoisotopic (exact) mass is 279 g/mol. The number of ketones is 1. The van der Waals surface area contributed by atoms with Crippen LogP contribution in [0.3, 0.4) is 0 Å². The van der Waals surface area contributed by atoms with Gasteiger partial charge in [-0.2, -0.15) is 0 Å². The van der Waals surface area contributed by atoms with Crippen LogP contribution in [-0.2, 0) is 0 Å². The van der Waals surface area contributed by atoms with Crippen molar-refractivity contribution in [3.05, 3.63) is 51.9 Å². The molecule has 4 heteroatoms. The zero-order valence-electron chi connectivity index (χ0n) is 8.66. The van der Waals surface area contributed by atoms with Crippen molar-refractivity contribution < 1.29 is 9.21 Å². The Morgan fingerprint density at radius 2 is 2.06 bits per heavy atom. The summed E-state index contributed by atoms with van der Waals surface area (Å²) in [5, 5.41) is 0. The van der Waals surface area contributed by atoms with E-state index in [0.717, 1.165) is 5.56 Å². The summed E-state index contributed by atoms with van der Waals surface area (Å²) in [6, 6.07) is 8.68. The van der Waals surface area contributed by atoms with Gasteiger partial charge >= 0.3 is 0 Å². The third-order valence-corrected chi connectivity index (χ3v) is 2.76. The second kappa shape index (κ2) is 4.14. The van der Waals surface area contributed by atoms with E-state index in [1.165, 1.54) is 0 Å². The lowest BCUT2D eigenvalue weighted by molar-refractivity contribution is 0.101. The van der Waals surface area contributed by atoms with E-state index in [0.29, 0.717) is 15.9 Å². The lowest BCUT2D eigenvalue weighted by Gasteiger charge is -2.05. The molecule has 1 heterocycles. The number of nitrogens with two attached hydrogens (primary N) is 1.